The van der Waals surface area contributed by atoms with Gasteiger partial charge in [-0.05, 0) is 56.4 Å². The third-order valence-corrected chi connectivity index (χ3v) is 8.15. The summed E-state index contributed by atoms with van der Waals surface area (Å²) in [6.45, 7) is 11.9. The summed E-state index contributed by atoms with van der Waals surface area (Å²) >= 11 is 0. The highest BCUT2D eigenvalue weighted by atomic mass is 16.5. The van der Waals surface area contributed by atoms with E-state index in [1.807, 2.05) is 38.1 Å². The van der Waals surface area contributed by atoms with E-state index in [1.165, 1.54) is 0 Å². The minimum atomic E-state index is -0.214. The monoisotopic (exact) mass is 502 g/mol. The first-order valence-electron chi connectivity index (χ1n) is 13.4. The van der Waals surface area contributed by atoms with Crippen molar-refractivity contribution in [2.45, 2.75) is 46.2 Å². The number of piperidine rings is 1. The van der Waals surface area contributed by atoms with Crippen LogP contribution in [0, 0.1) is 18.8 Å². The van der Waals surface area contributed by atoms with Crippen molar-refractivity contribution < 1.29 is 14.3 Å². The first kappa shape index (κ1) is 25.5. The number of hydrogen-bond donors (Lipinski definition) is 2. The number of aromatic nitrogens is 1. The second kappa shape index (κ2) is 10.7. The van der Waals surface area contributed by atoms with Crippen molar-refractivity contribution >= 4 is 17.3 Å². The summed E-state index contributed by atoms with van der Waals surface area (Å²) in [6, 6.07) is 14.8. The zero-order valence-electron chi connectivity index (χ0n) is 22.3. The molecule has 3 aromatic rings. The predicted octanol–water partition coefficient (Wildman–Crippen LogP) is 4.20. The van der Waals surface area contributed by atoms with Crippen molar-refractivity contribution in [1.29, 1.82) is 0 Å². The number of morpholine rings is 1. The van der Waals surface area contributed by atoms with E-state index in [4.69, 9.17) is 4.74 Å². The van der Waals surface area contributed by atoms with E-state index in [0.29, 0.717) is 25.3 Å². The number of carbonyl (C=O) groups excluding carboxylic acids is 2. The minimum absolute atomic E-state index is 0.0273. The van der Waals surface area contributed by atoms with Gasteiger partial charge >= 0.3 is 0 Å². The van der Waals surface area contributed by atoms with Crippen molar-refractivity contribution in [1.82, 2.24) is 19.9 Å². The van der Waals surface area contributed by atoms with Crippen LogP contribution in [0.25, 0.3) is 16.6 Å². The molecule has 2 N–H and O–H groups in total. The molecule has 0 bridgehead atoms. The van der Waals surface area contributed by atoms with Crippen LogP contribution in [0.5, 0.6) is 0 Å². The van der Waals surface area contributed by atoms with E-state index < -0.39 is 0 Å². The largest absolute Gasteiger partial charge is 0.379 e. The van der Waals surface area contributed by atoms with Gasteiger partial charge in [0.1, 0.15) is 0 Å². The molecular weight excluding hydrogens is 464 g/mol. The summed E-state index contributed by atoms with van der Waals surface area (Å²) < 4.78 is 7.84. The average Bonchev–Trinajstić information content (AvgIpc) is 3.32. The van der Waals surface area contributed by atoms with Crippen LogP contribution in [-0.4, -0.2) is 60.0 Å². The lowest BCUT2D eigenvalue weighted by atomic mass is 9.84. The molecule has 4 atom stereocenters. The second-order valence-electron chi connectivity index (χ2n) is 10.7. The van der Waals surface area contributed by atoms with Gasteiger partial charge in [-0.2, -0.15) is 0 Å². The van der Waals surface area contributed by atoms with Crippen LogP contribution in [0.15, 0.2) is 48.7 Å². The number of benzene rings is 1. The van der Waals surface area contributed by atoms with Crippen LogP contribution in [0.2, 0.25) is 0 Å². The van der Waals surface area contributed by atoms with E-state index in [1.54, 1.807) is 0 Å². The first-order chi connectivity index (χ1) is 17.8. The van der Waals surface area contributed by atoms with Crippen LogP contribution < -0.4 is 10.6 Å². The Morgan fingerprint density at radius 3 is 2.57 bits per heavy atom. The van der Waals surface area contributed by atoms with E-state index in [9.17, 15) is 9.59 Å². The van der Waals surface area contributed by atoms with Gasteiger partial charge < -0.3 is 19.8 Å². The molecule has 2 saturated heterocycles. The lowest BCUT2D eigenvalue weighted by molar-refractivity contribution is -0.129. The summed E-state index contributed by atoms with van der Waals surface area (Å²) in [5, 5.41) is 6.12. The van der Waals surface area contributed by atoms with Crippen LogP contribution in [0.1, 0.15) is 54.8 Å². The van der Waals surface area contributed by atoms with Gasteiger partial charge in [0.05, 0.1) is 19.1 Å². The van der Waals surface area contributed by atoms with Gasteiger partial charge in [-0.3, -0.25) is 14.5 Å². The van der Waals surface area contributed by atoms with Crippen molar-refractivity contribution in [3.05, 3.63) is 65.5 Å². The van der Waals surface area contributed by atoms with Crippen LogP contribution in [0.4, 0.5) is 0 Å². The van der Waals surface area contributed by atoms with E-state index in [0.717, 1.165) is 47.4 Å². The molecule has 5 rings (SSSR count). The number of rotatable bonds is 6. The maximum absolute atomic E-state index is 13.6. The standard InChI is InChI=1S/C30H38N4O3/c1-19-14-20(2)32-30(36)27(19)17-31-29(35)26-16-25-15-24(23-8-6-5-7-9-23)18-34(25)28(21(26)3)22(4)33-10-12-37-13-11-33/h5-9,15-16,18-20,22,27H,10-14,17H2,1-4H3,(H,31,35)(H,32,36). The Kier molecular flexibility index (Phi) is 7.36. The van der Waals surface area contributed by atoms with E-state index in [-0.39, 0.29) is 35.7 Å². The molecule has 0 saturated carbocycles. The summed E-state index contributed by atoms with van der Waals surface area (Å²) in [5.41, 5.74) is 6.00. The van der Waals surface area contributed by atoms with Gasteiger partial charge in [-0.15, -0.1) is 0 Å². The molecular formula is C30H38N4O3. The topological polar surface area (TPSA) is 75.1 Å². The van der Waals surface area contributed by atoms with Gasteiger partial charge in [0.2, 0.25) is 5.91 Å². The predicted molar refractivity (Wildman–Crippen MR) is 146 cm³/mol. The highest BCUT2D eigenvalue weighted by Gasteiger charge is 2.33. The molecule has 1 aromatic carbocycles. The molecule has 2 aromatic heterocycles. The van der Waals surface area contributed by atoms with Crippen LogP contribution in [0.3, 0.4) is 0 Å². The molecule has 4 heterocycles. The Hall–Kier alpha value is -3.16. The number of nitrogens with one attached hydrogen (secondary N) is 2. The summed E-state index contributed by atoms with van der Waals surface area (Å²) in [7, 11) is 0. The number of pyridine rings is 1. The maximum Gasteiger partial charge on any atom is 0.251 e. The van der Waals surface area contributed by atoms with Gasteiger partial charge in [-0.1, -0.05) is 37.3 Å². The van der Waals surface area contributed by atoms with Gasteiger partial charge in [-0.25, -0.2) is 0 Å². The molecule has 2 amide bonds. The molecule has 0 radical (unpaired) electrons. The van der Waals surface area contributed by atoms with Crippen molar-refractivity contribution in [2.75, 3.05) is 32.8 Å². The summed E-state index contributed by atoms with van der Waals surface area (Å²) in [6.07, 6.45) is 3.10. The molecule has 0 spiro atoms. The Morgan fingerprint density at radius 1 is 1.14 bits per heavy atom. The Morgan fingerprint density at radius 2 is 1.86 bits per heavy atom. The van der Waals surface area contributed by atoms with Crippen molar-refractivity contribution in [3.63, 3.8) is 0 Å². The lowest BCUT2D eigenvalue weighted by Gasteiger charge is -2.34. The number of amides is 2. The number of ether oxygens (including phenoxy) is 1. The van der Waals surface area contributed by atoms with E-state index in [2.05, 4.69) is 58.2 Å². The van der Waals surface area contributed by atoms with Crippen LogP contribution in [-0.2, 0) is 9.53 Å². The molecule has 37 heavy (non-hydrogen) atoms. The molecule has 196 valence electrons. The fourth-order valence-corrected chi connectivity index (χ4v) is 6.03. The fourth-order valence-electron chi connectivity index (χ4n) is 6.03. The smallest absolute Gasteiger partial charge is 0.251 e. The van der Waals surface area contributed by atoms with Crippen LogP contribution >= 0.6 is 0 Å². The molecule has 7 nitrogen and oxygen atoms in total. The van der Waals surface area contributed by atoms with Gasteiger partial charge in [0, 0.05) is 60.3 Å². The normalized spacial score (nSPS) is 23.6. The zero-order valence-corrected chi connectivity index (χ0v) is 22.3. The molecule has 2 aliphatic rings. The summed E-state index contributed by atoms with van der Waals surface area (Å²) in [5.74, 6) is -0.0894. The molecule has 0 aliphatic carbocycles. The fraction of sp³-hybridized carbons (Fsp3) is 0.467. The average molecular weight is 503 g/mol. The van der Waals surface area contributed by atoms with E-state index >= 15 is 0 Å². The number of carbonyl (C=O) groups is 2. The van der Waals surface area contributed by atoms with Crippen molar-refractivity contribution in [2.24, 2.45) is 11.8 Å². The minimum Gasteiger partial charge on any atom is -0.379 e. The van der Waals surface area contributed by atoms with Gasteiger partial charge in [0.25, 0.3) is 5.91 Å². The highest BCUT2D eigenvalue weighted by molar-refractivity contribution is 5.97. The second-order valence-corrected chi connectivity index (χ2v) is 10.7. The quantitative estimate of drug-likeness (QED) is 0.530. The maximum atomic E-state index is 13.6. The number of fused-ring (bicyclic) bond motifs is 1. The third kappa shape index (κ3) is 5.15. The molecule has 4 unspecified atom stereocenters. The molecule has 2 fully saturated rings. The highest BCUT2D eigenvalue weighted by Crippen LogP contribution is 2.32. The van der Waals surface area contributed by atoms with Crippen molar-refractivity contribution in [3.8, 4) is 11.1 Å². The van der Waals surface area contributed by atoms with Gasteiger partial charge in [0.15, 0.2) is 0 Å². The Balaban J connectivity index is 1.50. The SMILES string of the molecule is Cc1c(C(=O)NCC2C(=O)NC(C)CC2C)cc2cc(-c3ccccc3)cn2c1C(C)N1CCOCC1. The first-order valence-corrected chi connectivity index (χ1v) is 13.4. The summed E-state index contributed by atoms with van der Waals surface area (Å²) in [4.78, 5) is 28.6. The molecule has 7 heteroatoms. The number of hydrogen-bond acceptors (Lipinski definition) is 4. The molecule has 2 aliphatic heterocycles. The zero-order chi connectivity index (χ0) is 26.1. The lowest BCUT2D eigenvalue weighted by Crippen LogP contribution is -2.50. The number of nitrogens with zero attached hydrogens (tertiary/aromatic N) is 2. The Labute approximate surface area is 219 Å². The Bertz CT molecular complexity index is 1280. The third-order valence-electron chi connectivity index (χ3n) is 8.15.